The Morgan fingerprint density at radius 3 is 2.83 bits per heavy atom. The molecule has 0 aromatic carbocycles. The summed E-state index contributed by atoms with van der Waals surface area (Å²) in [5, 5.41) is 2.48. The predicted molar refractivity (Wildman–Crippen MR) is 44.1 cm³/mol. The topological polar surface area (TPSA) is 55.1 Å². The van der Waals surface area contributed by atoms with Gasteiger partial charge in [0.15, 0.2) is 0 Å². The number of rotatable bonds is 2. The molecule has 0 saturated carbocycles. The molecule has 0 saturated heterocycles. The Balaban J connectivity index is 2.72. The molecule has 0 aliphatic heterocycles. The summed E-state index contributed by atoms with van der Waals surface area (Å²) in [6.07, 6.45) is 1.50. The molecule has 1 rings (SSSR count). The first-order valence-electron chi connectivity index (χ1n) is 3.48. The van der Waals surface area contributed by atoms with Crippen LogP contribution in [0.15, 0.2) is 17.3 Å². The van der Waals surface area contributed by atoms with Crippen molar-refractivity contribution in [2.75, 3.05) is 0 Å². The van der Waals surface area contributed by atoms with Crippen molar-refractivity contribution in [2.24, 2.45) is 0 Å². The van der Waals surface area contributed by atoms with Crippen LogP contribution >= 0.6 is 0 Å². The Kier molecular flexibility index (Phi) is 2.28. The van der Waals surface area contributed by atoms with Gasteiger partial charge in [0.1, 0.15) is 6.26 Å². The first-order chi connectivity index (χ1) is 5.59. The number of carbonyl (C=O) groups is 1. The Labute approximate surface area is 70.3 Å². The molecule has 0 unspecified atom stereocenters. The number of nitrogens with zero attached hydrogens (tertiary/aromatic N) is 1. The number of oxazole rings is 1. The van der Waals surface area contributed by atoms with Crippen LogP contribution in [0.1, 0.15) is 18.5 Å². The van der Waals surface area contributed by atoms with E-state index in [1.807, 2.05) is 0 Å². The van der Waals surface area contributed by atoms with Crippen LogP contribution < -0.4 is 5.32 Å². The number of aromatic nitrogens is 1. The molecule has 12 heavy (non-hydrogen) atoms. The average molecular weight is 166 g/mol. The van der Waals surface area contributed by atoms with E-state index in [4.69, 9.17) is 4.42 Å². The minimum absolute atomic E-state index is 0.184. The summed E-state index contributed by atoms with van der Waals surface area (Å²) in [4.78, 5) is 14.6. The number of hydrogen-bond donors (Lipinski definition) is 1. The number of aryl methyl sites for hydroxylation is 1. The number of hydrogen-bond acceptors (Lipinski definition) is 3. The lowest BCUT2D eigenvalue weighted by molar-refractivity contribution is -0.117. The van der Waals surface area contributed by atoms with E-state index in [-0.39, 0.29) is 5.91 Å². The van der Waals surface area contributed by atoms with E-state index in [0.29, 0.717) is 11.6 Å². The van der Waals surface area contributed by atoms with Crippen LogP contribution in [0.4, 0.5) is 0 Å². The summed E-state index contributed by atoms with van der Waals surface area (Å²) >= 11 is 0. The van der Waals surface area contributed by atoms with Crippen LogP contribution in [-0.4, -0.2) is 10.9 Å². The molecule has 0 spiro atoms. The van der Waals surface area contributed by atoms with Gasteiger partial charge in [-0.2, -0.15) is 0 Å². The SMILES string of the molecule is C=C(NC(C)=O)c1nc(C)co1. The molecule has 0 fully saturated rings. The second kappa shape index (κ2) is 3.21. The highest BCUT2D eigenvalue weighted by molar-refractivity contribution is 5.82. The Hall–Kier alpha value is -1.58. The minimum Gasteiger partial charge on any atom is -0.443 e. The third kappa shape index (κ3) is 1.95. The fraction of sp³-hybridized carbons (Fsp3) is 0.250. The van der Waals surface area contributed by atoms with Crippen molar-refractivity contribution >= 4 is 11.6 Å². The van der Waals surface area contributed by atoms with Crippen LogP contribution in [0.3, 0.4) is 0 Å². The molecule has 1 aromatic heterocycles. The fourth-order valence-electron chi connectivity index (χ4n) is 0.759. The zero-order chi connectivity index (χ0) is 9.14. The monoisotopic (exact) mass is 166 g/mol. The molecule has 0 aliphatic rings. The van der Waals surface area contributed by atoms with Crippen molar-refractivity contribution in [1.29, 1.82) is 0 Å². The Bertz CT molecular complexity index is 315. The van der Waals surface area contributed by atoms with Crippen molar-refractivity contribution in [1.82, 2.24) is 10.3 Å². The van der Waals surface area contributed by atoms with E-state index >= 15 is 0 Å². The normalized spacial score (nSPS) is 9.50. The smallest absolute Gasteiger partial charge is 0.242 e. The van der Waals surface area contributed by atoms with Gasteiger partial charge in [-0.3, -0.25) is 4.79 Å². The number of carbonyl (C=O) groups excluding carboxylic acids is 1. The molecular formula is C8H10N2O2. The van der Waals surface area contributed by atoms with Crippen LogP contribution in [0, 0.1) is 6.92 Å². The molecule has 1 aromatic rings. The van der Waals surface area contributed by atoms with Gasteiger partial charge in [0, 0.05) is 6.92 Å². The minimum atomic E-state index is -0.184. The lowest BCUT2D eigenvalue weighted by atomic mass is 10.4. The standard InChI is InChI=1S/C8H10N2O2/c1-5-4-12-8(9-5)6(2)10-7(3)11/h4H,2H2,1,3H3,(H,10,11). The summed E-state index contributed by atoms with van der Waals surface area (Å²) in [7, 11) is 0. The van der Waals surface area contributed by atoms with E-state index in [1.165, 1.54) is 13.2 Å². The molecule has 0 atom stereocenters. The molecular weight excluding hydrogens is 156 g/mol. The highest BCUT2D eigenvalue weighted by Gasteiger charge is 2.05. The predicted octanol–water partition coefficient (Wildman–Crippen LogP) is 1.09. The second-order valence-electron chi connectivity index (χ2n) is 2.45. The van der Waals surface area contributed by atoms with Crippen LogP contribution in [0.5, 0.6) is 0 Å². The molecule has 4 nitrogen and oxygen atoms in total. The van der Waals surface area contributed by atoms with Gasteiger partial charge in [0.25, 0.3) is 0 Å². The second-order valence-corrected chi connectivity index (χ2v) is 2.45. The molecule has 1 amide bonds. The first-order valence-corrected chi connectivity index (χ1v) is 3.48. The highest BCUT2D eigenvalue weighted by Crippen LogP contribution is 2.07. The van der Waals surface area contributed by atoms with Gasteiger partial charge in [-0.05, 0) is 6.92 Å². The van der Waals surface area contributed by atoms with Crippen molar-refractivity contribution in [2.45, 2.75) is 13.8 Å². The zero-order valence-electron chi connectivity index (χ0n) is 7.05. The first kappa shape index (κ1) is 8.52. The molecule has 1 heterocycles. The van der Waals surface area contributed by atoms with E-state index in [0.717, 1.165) is 5.69 Å². The van der Waals surface area contributed by atoms with Gasteiger partial charge in [-0.25, -0.2) is 4.98 Å². The highest BCUT2D eigenvalue weighted by atomic mass is 16.3. The van der Waals surface area contributed by atoms with Gasteiger partial charge < -0.3 is 9.73 Å². The lowest BCUT2D eigenvalue weighted by Gasteiger charge is -1.99. The molecule has 1 N–H and O–H groups in total. The van der Waals surface area contributed by atoms with Gasteiger partial charge in [0.05, 0.1) is 11.4 Å². The van der Waals surface area contributed by atoms with E-state index in [1.54, 1.807) is 6.92 Å². The van der Waals surface area contributed by atoms with Crippen LogP contribution in [-0.2, 0) is 4.79 Å². The Morgan fingerprint density at radius 2 is 2.42 bits per heavy atom. The van der Waals surface area contributed by atoms with Crippen LogP contribution in [0.25, 0.3) is 5.70 Å². The summed E-state index contributed by atoms with van der Waals surface area (Å²) in [6, 6.07) is 0. The number of amides is 1. The van der Waals surface area contributed by atoms with Gasteiger partial charge >= 0.3 is 0 Å². The third-order valence-electron chi connectivity index (χ3n) is 1.20. The lowest BCUT2D eigenvalue weighted by Crippen LogP contribution is -2.17. The van der Waals surface area contributed by atoms with Crippen molar-refractivity contribution < 1.29 is 9.21 Å². The van der Waals surface area contributed by atoms with Crippen molar-refractivity contribution in [3.05, 3.63) is 24.4 Å². The van der Waals surface area contributed by atoms with Gasteiger partial charge in [-0.15, -0.1) is 0 Å². The molecule has 4 heteroatoms. The van der Waals surface area contributed by atoms with Crippen molar-refractivity contribution in [3.8, 4) is 0 Å². The summed E-state index contributed by atoms with van der Waals surface area (Å²) in [5.41, 5.74) is 1.15. The van der Waals surface area contributed by atoms with Gasteiger partial charge in [0.2, 0.25) is 11.8 Å². The number of nitrogens with one attached hydrogen (secondary N) is 1. The van der Waals surface area contributed by atoms with Crippen molar-refractivity contribution in [3.63, 3.8) is 0 Å². The average Bonchev–Trinajstić information content (AvgIpc) is 2.34. The maximum atomic E-state index is 10.6. The van der Waals surface area contributed by atoms with Gasteiger partial charge in [-0.1, -0.05) is 6.58 Å². The maximum Gasteiger partial charge on any atom is 0.242 e. The van der Waals surface area contributed by atoms with E-state index in [9.17, 15) is 4.79 Å². The molecule has 0 radical (unpaired) electrons. The quantitative estimate of drug-likeness (QED) is 0.715. The molecule has 0 bridgehead atoms. The van der Waals surface area contributed by atoms with Crippen LogP contribution in [0.2, 0.25) is 0 Å². The third-order valence-corrected chi connectivity index (χ3v) is 1.20. The largest absolute Gasteiger partial charge is 0.443 e. The van der Waals surface area contributed by atoms with E-state index < -0.39 is 0 Å². The summed E-state index contributed by atoms with van der Waals surface area (Å²) < 4.78 is 5.00. The summed E-state index contributed by atoms with van der Waals surface area (Å²) in [5.74, 6) is 0.165. The zero-order valence-corrected chi connectivity index (χ0v) is 7.05. The van der Waals surface area contributed by atoms with E-state index in [2.05, 4.69) is 16.9 Å². The summed E-state index contributed by atoms with van der Waals surface area (Å²) in [6.45, 7) is 6.79. The maximum absolute atomic E-state index is 10.6. The Morgan fingerprint density at radius 1 is 1.75 bits per heavy atom. The molecule has 0 aliphatic carbocycles. The molecule has 64 valence electrons. The fourth-order valence-corrected chi connectivity index (χ4v) is 0.759.